The minimum Gasteiger partial charge on any atom is -0.382 e. The van der Waals surface area contributed by atoms with E-state index in [1.54, 1.807) is 13.3 Å². The number of aliphatic imine (C=N–C) groups is 2. The lowest BCUT2D eigenvalue weighted by Crippen LogP contribution is -2.36. The molecule has 0 bridgehead atoms. The van der Waals surface area contributed by atoms with Gasteiger partial charge in [-0.25, -0.2) is 4.99 Å². The predicted molar refractivity (Wildman–Crippen MR) is 71.4 cm³/mol. The zero-order valence-corrected chi connectivity index (χ0v) is 10.9. The van der Waals surface area contributed by atoms with Crippen molar-refractivity contribution < 1.29 is 5.11 Å². The first kappa shape index (κ1) is 15.0. The van der Waals surface area contributed by atoms with E-state index < -0.39 is 5.60 Å². The van der Waals surface area contributed by atoms with E-state index in [2.05, 4.69) is 29.1 Å². The Kier molecular flexibility index (Phi) is 7.73. The smallest absolute Gasteiger partial charge is 0.154 e. The van der Waals surface area contributed by atoms with Crippen molar-refractivity contribution in [3.63, 3.8) is 0 Å². The van der Waals surface area contributed by atoms with E-state index in [0.717, 1.165) is 12.8 Å². The second-order valence-corrected chi connectivity index (χ2v) is 3.74. The number of allylic oxidation sites excluding steroid dienone is 2. The van der Waals surface area contributed by atoms with Crippen molar-refractivity contribution in [1.82, 2.24) is 0 Å². The molecule has 0 fully saturated rings. The van der Waals surface area contributed by atoms with Gasteiger partial charge in [-0.1, -0.05) is 26.0 Å². The number of aliphatic hydroxyl groups is 1. The van der Waals surface area contributed by atoms with Crippen LogP contribution < -0.4 is 0 Å². The van der Waals surface area contributed by atoms with Crippen LogP contribution in [0.5, 0.6) is 0 Å². The lowest BCUT2D eigenvalue weighted by atomic mass is 9.93. The highest BCUT2D eigenvalue weighted by Gasteiger charge is 2.29. The van der Waals surface area contributed by atoms with E-state index in [9.17, 15) is 5.11 Å². The maximum absolute atomic E-state index is 10.4. The number of nitrogens with zero attached hydrogens (tertiary/aromatic N) is 2. The van der Waals surface area contributed by atoms with Crippen LogP contribution in [0.4, 0.5) is 0 Å². The van der Waals surface area contributed by atoms with Crippen molar-refractivity contribution in [3.05, 3.63) is 12.2 Å². The van der Waals surface area contributed by atoms with Gasteiger partial charge in [-0.15, -0.1) is 0 Å². The molecule has 0 aromatic carbocycles. The van der Waals surface area contributed by atoms with Crippen LogP contribution >= 0.6 is 0 Å². The average molecular weight is 224 g/mol. The Morgan fingerprint density at radius 2 is 2.00 bits per heavy atom. The normalized spacial score (nSPS) is 17.2. The number of hydrogen-bond acceptors (Lipinski definition) is 2. The molecule has 0 aliphatic rings. The van der Waals surface area contributed by atoms with Gasteiger partial charge in [0.15, 0.2) is 5.84 Å². The molecular formula is C13H24N2O. The maximum Gasteiger partial charge on any atom is 0.154 e. The van der Waals surface area contributed by atoms with E-state index in [0.29, 0.717) is 18.7 Å². The molecule has 0 heterocycles. The van der Waals surface area contributed by atoms with Crippen LogP contribution in [-0.2, 0) is 0 Å². The fourth-order valence-electron chi connectivity index (χ4n) is 1.56. The Labute approximate surface area is 99.0 Å². The first-order chi connectivity index (χ1) is 7.64. The summed E-state index contributed by atoms with van der Waals surface area (Å²) in [5.41, 5.74) is -0.890. The fourth-order valence-corrected chi connectivity index (χ4v) is 1.56. The molecule has 0 rings (SSSR count). The van der Waals surface area contributed by atoms with Gasteiger partial charge in [-0.05, 0) is 32.6 Å². The van der Waals surface area contributed by atoms with Crippen molar-refractivity contribution >= 4 is 12.1 Å². The van der Waals surface area contributed by atoms with Gasteiger partial charge < -0.3 is 5.11 Å². The van der Waals surface area contributed by atoms with Crippen molar-refractivity contribution in [2.75, 3.05) is 7.05 Å². The first-order valence-corrected chi connectivity index (χ1v) is 5.97. The summed E-state index contributed by atoms with van der Waals surface area (Å²) in [6.07, 6.45) is 9.08. The van der Waals surface area contributed by atoms with Crippen LogP contribution in [0.15, 0.2) is 22.1 Å². The molecule has 0 aromatic rings. The molecule has 0 radical (unpaired) electrons. The minimum absolute atomic E-state index is 0.530. The van der Waals surface area contributed by atoms with Crippen LogP contribution in [0.2, 0.25) is 0 Å². The van der Waals surface area contributed by atoms with E-state index in [4.69, 9.17) is 0 Å². The standard InChI is InChI=1S/C13H24N2O/c1-5-8-9-10-11-13(16,6-2)12(14-4)15-7-3/h7-9,16H,5-6,10-11H2,1-4H3/b9-8-,14-12-,15-7+. The Bertz CT molecular complexity index is 269. The SMILES string of the molecule is C/C=N/C(=N\C)C(O)(CC)CC/C=C\CC. The maximum atomic E-state index is 10.4. The van der Waals surface area contributed by atoms with Crippen molar-refractivity contribution in [1.29, 1.82) is 0 Å². The van der Waals surface area contributed by atoms with Gasteiger partial charge in [0.1, 0.15) is 5.60 Å². The molecule has 92 valence electrons. The van der Waals surface area contributed by atoms with Gasteiger partial charge >= 0.3 is 0 Å². The Morgan fingerprint density at radius 3 is 2.44 bits per heavy atom. The van der Waals surface area contributed by atoms with E-state index in [1.807, 2.05) is 13.8 Å². The van der Waals surface area contributed by atoms with Gasteiger partial charge in [0.2, 0.25) is 0 Å². The topological polar surface area (TPSA) is 45.0 Å². The summed E-state index contributed by atoms with van der Waals surface area (Å²) in [6.45, 7) is 5.89. The molecule has 3 heteroatoms. The summed E-state index contributed by atoms with van der Waals surface area (Å²) < 4.78 is 0. The third-order valence-corrected chi connectivity index (χ3v) is 2.59. The molecule has 3 nitrogen and oxygen atoms in total. The third kappa shape index (κ3) is 4.71. The van der Waals surface area contributed by atoms with Gasteiger partial charge in [0.05, 0.1) is 0 Å². The molecular weight excluding hydrogens is 200 g/mol. The highest BCUT2D eigenvalue weighted by Crippen LogP contribution is 2.20. The molecule has 0 saturated carbocycles. The van der Waals surface area contributed by atoms with Crippen LogP contribution in [0.1, 0.15) is 46.5 Å². The number of rotatable bonds is 6. The zero-order valence-electron chi connectivity index (χ0n) is 10.9. The summed E-state index contributed by atoms with van der Waals surface area (Å²) in [7, 11) is 1.67. The lowest BCUT2D eigenvalue weighted by molar-refractivity contribution is 0.0978. The van der Waals surface area contributed by atoms with E-state index in [1.165, 1.54) is 0 Å². The molecule has 0 amide bonds. The molecule has 1 N–H and O–H groups in total. The fraction of sp³-hybridized carbons (Fsp3) is 0.692. The first-order valence-electron chi connectivity index (χ1n) is 5.97. The van der Waals surface area contributed by atoms with Crippen LogP contribution in [0.3, 0.4) is 0 Å². The van der Waals surface area contributed by atoms with E-state index >= 15 is 0 Å². The summed E-state index contributed by atoms with van der Waals surface area (Å²) in [4.78, 5) is 8.20. The van der Waals surface area contributed by atoms with Gasteiger partial charge in [0, 0.05) is 13.3 Å². The highest BCUT2D eigenvalue weighted by atomic mass is 16.3. The average Bonchev–Trinajstić information content (AvgIpc) is 2.31. The third-order valence-electron chi connectivity index (χ3n) is 2.59. The quantitative estimate of drug-likeness (QED) is 0.421. The molecule has 1 unspecified atom stereocenters. The van der Waals surface area contributed by atoms with Crippen LogP contribution in [-0.4, -0.2) is 29.8 Å². The Morgan fingerprint density at radius 1 is 1.31 bits per heavy atom. The minimum atomic E-state index is -0.890. The van der Waals surface area contributed by atoms with Crippen LogP contribution in [0, 0.1) is 0 Å². The summed E-state index contributed by atoms with van der Waals surface area (Å²) in [6, 6.07) is 0. The summed E-state index contributed by atoms with van der Waals surface area (Å²) in [5, 5.41) is 10.4. The van der Waals surface area contributed by atoms with Crippen molar-refractivity contribution in [2.45, 2.75) is 52.1 Å². The Balaban J connectivity index is 4.57. The Hall–Kier alpha value is -0.960. The van der Waals surface area contributed by atoms with Crippen molar-refractivity contribution in [3.8, 4) is 0 Å². The van der Waals surface area contributed by atoms with E-state index in [-0.39, 0.29) is 0 Å². The second-order valence-electron chi connectivity index (χ2n) is 3.74. The lowest BCUT2D eigenvalue weighted by Gasteiger charge is -2.25. The van der Waals surface area contributed by atoms with Crippen molar-refractivity contribution in [2.24, 2.45) is 9.98 Å². The van der Waals surface area contributed by atoms with Gasteiger partial charge in [0.25, 0.3) is 0 Å². The largest absolute Gasteiger partial charge is 0.382 e. The number of hydrogen-bond donors (Lipinski definition) is 1. The molecule has 16 heavy (non-hydrogen) atoms. The molecule has 0 aromatic heterocycles. The molecule has 0 aliphatic heterocycles. The summed E-state index contributed by atoms with van der Waals surface area (Å²) in [5.74, 6) is 0.530. The van der Waals surface area contributed by atoms with Gasteiger partial charge in [-0.3, -0.25) is 4.99 Å². The second kappa shape index (κ2) is 8.22. The molecule has 0 spiro atoms. The van der Waals surface area contributed by atoms with Gasteiger partial charge in [-0.2, -0.15) is 0 Å². The number of amidine groups is 1. The molecule has 0 aliphatic carbocycles. The monoisotopic (exact) mass is 224 g/mol. The highest BCUT2D eigenvalue weighted by molar-refractivity contribution is 5.95. The molecule has 0 saturated heterocycles. The zero-order chi connectivity index (χ0) is 12.4. The summed E-state index contributed by atoms with van der Waals surface area (Å²) >= 11 is 0. The predicted octanol–water partition coefficient (Wildman–Crippen LogP) is 2.99. The van der Waals surface area contributed by atoms with Crippen LogP contribution in [0.25, 0.3) is 0 Å². The molecule has 1 atom stereocenters.